The van der Waals surface area contributed by atoms with Crippen LogP contribution < -0.4 is 10.1 Å². The number of Topliss-reactive ketones (excluding diaryl/α,β-unsaturated/α-hetero) is 1. The summed E-state index contributed by atoms with van der Waals surface area (Å²) in [6.07, 6.45) is -0.633. The maximum absolute atomic E-state index is 12.0. The number of ether oxygens (including phenoxy) is 3. The minimum atomic E-state index is -1.05. The molecule has 0 bridgehead atoms. The van der Waals surface area contributed by atoms with E-state index in [0.29, 0.717) is 10.6 Å². The lowest BCUT2D eigenvalue weighted by molar-refractivity contribution is -0.142. The van der Waals surface area contributed by atoms with Crippen LogP contribution >= 0.6 is 11.6 Å². The molecule has 0 heterocycles. The Morgan fingerprint density at radius 1 is 1.25 bits per heavy atom. The van der Waals surface area contributed by atoms with E-state index >= 15 is 0 Å². The van der Waals surface area contributed by atoms with Crippen molar-refractivity contribution in [1.82, 2.24) is 5.32 Å². The van der Waals surface area contributed by atoms with Crippen molar-refractivity contribution in [2.75, 3.05) is 13.2 Å². The number of ketones is 1. The number of carbonyl (C=O) groups is 3. The second kappa shape index (κ2) is 10.4. The largest absolute Gasteiger partial charge is 0.485 e. The van der Waals surface area contributed by atoms with Crippen molar-refractivity contribution in [3.05, 3.63) is 34.3 Å². The molecular weight excluding hydrogens is 390 g/mol. The molecule has 1 aromatic carbocycles. The molecule has 0 radical (unpaired) electrons. The zero-order chi connectivity index (χ0) is 21.3. The van der Waals surface area contributed by atoms with Gasteiger partial charge >= 0.3 is 17.8 Å². The van der Waals surface area contributed by atoms with E-state index in [1.54, 1.807) is 33.8 Å². The van der Waals surface area contributed by atoms with Gasteiger partial charge in [0.2, 0.25) is 0 Å². The number of nitrogens with one attached hydrogen (secondary N) is 1. The smallest absolute Gasteiger partial charge is 0.445 e. The number of hydrogen-bond donors (Lipinski definition) is 1. The van der Waals surface area contributed by atoms with Gasteiger partial charge in [0.1, 0.15) is 11.4 Å². The highest BCUT2D eigenvalue weighted by molar-refractivity contribution is 6.62. The first-order valence-electron chi connectivity index (χ1n) is 8.37. The zero-order valence-electron chi connectivity index (χ0n) is 16.1. The maximum Gasteiger partial charge on any atom is 0.445 e. The molecule has 9 nitrogen and oxygen atoms in total. The van der Waals surface area contributed by atoms with Crippen LogP contribution in [0.2, 0.25) is 5.02 Å². The molecular formula is C18H22ClN3O6. The maximum atomic E-state index is 12.0. The van der Waals surface area contributed by atoms with Crippen molar-refractivity contribution in [2.45, 2.75) is 39.8 Å². The van der Waals surface area contributed by atoms with Gasteiger partial charge in [-0.25, -0.2) is 9.59 Å². The lowest BCUT2D eigenvalue weighted by Crippen LogP contribution is -2.32. The van der Waals surface area contributed by atoms with Crippen molar-refractivity contribution in [3.63, 3.8) is 0 Å². The number of halogens is 1. The second-order valence-electron chi connectivity index (χ2n) is 6.49. The van der Waals surface area contributed by atoms with Crippen molar-refractivity contribution < 1.29 is 33.4 Å². The van der Waals surface area contributed by atoms with E-state index in [9.17, 15) is 14.4 Å². The topological polar surface area (TPSA) is 127 Å². The highest BCUT2D eigenvalue weighted by atomic mass is 35.5. The van der Waals surface area contributed by atoms with Crippen LogP contribution in [0.3, 0.4) is 0 Å². The number of benzene rings is 1. The van der Waals surface area contributed by atoms with Crippen molar-refractivity contribution in [1.29, 1.82) is 0 Å². The van der Waals surface area contributed by atoms with Gasteiger partial charge in [-0.3, -0.25) is 4.79 Å². The molecule has 0 aliphatic rings. The Kier molecular flexibility index (Phi) is 8.63. The number of carbonyl (C=O) groups excluding carboxylic acids is 3. The van der Waals surface area contributed by atoms with E-state index in [-0.39, 0.29) is 18.9 Å². The summed E-state index contributed by atoms with van der Waals surface area (Å²) in [6, 6.07) is 4.58. The summed E-state index contributed by atoms with van der Waals surface area (Å²) in [5, 5.41) is 2.95. The summed E-state index contributed by atoms with van der Waals surface area (Å²) in [7, 11) is 0. The van der Waals surface area contributed by atoms with Crippen LogP contribution in [0.1, 0.15) is 33.3 Å². The molecule has 1 aromatic rings. The van der Waals surface area contributed by atoms with Gasteiger partial charge in [0.05, 0.1) is 6.61 Å². The van der Waals surface area contributed by atoms with Gasteiger partial charge in [0.15, 0.2) is 6.61 Å². The fourth-order valence-corrected chi connectivity index (χ4v) is 2.12. The Balaban J connectivity index is 2.81. The van der Waals surface area contributed by atoms with Crippen LogP contribution in [-0.2, 0) is 25.6 Å². The fourth-order valence-electron chi connectivity index (χ4n) is 1.93. The molecule has 0 aromatic heterocycles. The van der Waals surface area contributed by atoms with Gasteiger partial charge in [-0.1, -0.05) is 11.6 Å². The first kappa shape index (κ1) is 23.1. The molecule has 0 spiro atoms. The summed E-state index contributed by atoms with van der Waals surface area (Å²) in [5.41, 5.74) is 7.90. The Labute approximate surface area is 167 Å². The van der Waals surface area contributed by atoms with Gasteiger partial charge in [-0.2, -0.15) is 4.79 Å². The average molecular weight is 412 g/mol. The van der Waals surface area contributed by atoms with E-state index < -0.39 is 35.8 Å². The number of alkyl carbamates (subject to hydrolysis) is 1. The summed E-state index contributed by atoms with van der Waals surface area (Å²) in [6.45, 7) is 6.20. The standard InChI is InChI=1S/C18H22ClN3O6/c1-5-26-16(24)15(22-20)13(23)10-27-14-7-6-12(19)8-11(14)9-21-17(25)28-18(2,3)4/h6-8H,5,9-10H2,1-4H3,(H,21,25). The number of hydrogen-bond acceptors (Lipinski definition) is 6. The molecule has 28 heavy (non-hydrogen) atoms. The monoisotopic (exact) mass is 411 g/mol. The lowest BCUT2D eigenvalue weighted by Gasteiger charge is -2.20. The third kappa shape index (κ3) is 7.77. The van der Waals surface area contributed by atoms with Crippen LogP contribution in [0.25, 0.3) is 5.53 Å². The van der Waals surface area contributed by atoms with Crippen LogP contribution in [-0.4, -0.2) is 47.2 Å². The van der Waals surface area contributed by atoms with Gasteiger partial charge in [-0.05, 0) is 45.9 Å². The number of amides is 1. The van der Waals surface area contributed by atoms with Gasteiger partial charge in [0, 0.05) is 17.1 Å². The average Bonchev–Trinajstić information content (AvgIpc) is 2.58. The van der Waals surface area contributed by atoms with E-state index in [1.807, 2.05) is 0 Å². The first-order valence-corrected chi connectivity index (χ1v) is 8.75. The zero-order valence-corrected chi connectivity index (χ0v) is 16.8. The Morgan fingerprint density at radius 2 is 1.93 bits per heavy atom. The highest BCUT2D eigenvalue weighted by Crippen LogP contribution is 2.23. The van der Waals surface area contributed by atoms with Gasteiger partial charge in [-0.15, -0.1) is 0 Å². The second-order valence-corrected chi connectivity index (χ2v) is 6.92. The Bertz CT molecular complexity index is 797. The fraction of sp³-hybridized carbons (Fsp3) is 0.444. The van der Waals surface area contributed by atoms with E-state index in [2.05, 4.69) is 14.8 Å². The number of rotatable bonds is 8. The van der Waals surface area contributed by atoms with Crippen LogP contribution in [0.4, 0.5) is 4.79 Å². The molecule has 10 heteroatoms. The molecule has 0 saturated heterocycles. The molecule has 1 rings (SSSR count). The van der Waals surface area contributed by atoms with E-state index in [0.717, 1.165) is 0 Å². The normalized spacial score (nSPS) is 10.5. The van der Waals surface area contributed by atoms with Gasteiger partial charge in [0.25, 0.3) is 5.78 Å². The molecule has 0 aliphatic carbocycles. The number of esters is 1. The molecule has 152 valence electrons. The molecule has 1 N–H and O–H groups in total. The first-order chi connectivity index (χ1) is 13.1. The quantitative estimate of drug-likeness (QED) is 0.230. The third-order valence-corrected chi connectivity index (χ3v) is 3.27. The van der Waals surface area contributed by atoms with Crippen LogP contribution in [0, 0.1) is 0 Å². The molecule has 0 fully saturated rings. The Hall–Kier alpha value is -2.90. The lowest BCUT2D eigenvalue weighted by atomic mass is 10.2. The molecule has 0 atom stereocenters. The highest BCUT2D eigenvalue weighted by Gasteiger charge is 2.31. The molecule has 1 amide bonds. The van der Waals surface area contributed by atoms with E-state index in [4.69, 9.17) is 26.6 Å². The summed E-state index contributed by atoms with van der Waals surface area (Å²) in [5.74, 6) is -1.68. The summed E-state index contributed by atoms with van der Waals surface area (Å²) in [4.78, 5) is 38.1. The minimum Gasteiger partial charge on any atom is -0.485 e. The Morgan fingerprint density at radius 3 is 2.50 bits per heavy atom. The molecule has 0 unspecified atom stereocenters. The van der Waals surface area contributed by atoms with Gasteiger partial charge < -0.3 is 25.1 Å². The van der Waals surface area contributed by atoms with E-state index in [1.165, 1.54) is 12.1 Å². The van der Waals surface area contributed by atoms with Crippen LogP contribution in [0.15, 0.2) is 18.2 Å². The predicted octanol–water partition coefficient (Wildman–Crippen LogP) is 2.55. The SMILES string of the molecule is CCOC(=O)C(=[N+]=[N-])C(=O)COc1ccc(Cl)cc1CNC(=O)OC(C)(C)C. The summed E-state index contributed by atoms with van der Waals surface area (Å²) < 4.78 is 15.2. The molecule has 0 aliphatic heterocycles. The number of nitrogens with zero attached hydrogens (tertiary/aromatic N) is 2. The van der Waals surface area contributed by atoms with Crippen molar-refractivity contribution in [2.24, 2.45) is 0 Å². The summed E-state index contributed by atoms with van der Waals surface area (Å²) >= 11 is 5.97. The van der Waals surface area contributed by atoms with Crippen LogP contribution in [0.5, 0.6) is 5.75 Å². The predicted molar refractivity (Wildman–Crippen MR) is 100 cm³/mol. The minimum absolute atomic E-state index is 0.0175. The third-order valence-electron chi connectivity index (χ3n) is 3.04. The van der Waals surface area contributed by atoms with Crippen molar-refractivity contribution >= 4 is 35.2 Å². The van der Waals surface area contributed by atoms with Crippen molar-refractivity contribution in [3.8, 4) is 5.75 Å². The molecule has 0 saturated carbocycles.